The molecule has 0 saturated heterocycles. The first-order valence-electron chi connectivity index (χ1n) is 16.6. The molecule has 252 valence electrons. The van der Waals surface area contributed by atoms with Crippen molar-refractivity contribution in [1.82, 2.24) is 4.98 Å². The maximum Gasteiger partial charge on any atom is 0.261 e. The largest absolute Gasteiger partial charge is 0.445 e. The summed E-state index contributed by atoms with van der Waals surface area (Å²) in [6.07, 6.45) is 6.65. The summed E-state index contributed by atoms with van der Waals surface area (Å²) in [7, 11) is -3.41. The highest BCUT2D eigenvalue weighted by molar-refractivity contribution is 6.99. The summed E-state index contributed by atoms with van der Waals surface area (Å²) in [4.78, 5) is 16.4. The standard InChI is InChI=1S/C38H57NO5Si2/c1-29(30(2)41-9)26-36-39-34(28-42-36)35(44-45(10,11)37(3,4)5)27-31(20-18-19-25-40)43-46(38(6,7)8,32-21-14-12-15-22-32)33-23-16-13-17-24-33/h12-17,21-26,28,30-31,35H,18-20,27H2,1-11H3/b29-26+/t30-,31+,35+/m1/s1. The molecule has 0 N–H and O–H groups in total. The third kappa shape index (κ3) is 9.25. The molecule has 2 aromatic carbocycles. The van der Waals surface area contributed by atoms with E-state index < -0.39 is 16.6 Å². The van der Waals surface area contributed by atoms with E-state index in [0.29, 0.717) is 18.7 Å². The first-order valence-corrected chi connectivity index (χ1v) is 21.4. The smallest absolute Gasteiger partial charge is 0.261 e. The van der Waals surface area contributed by atoms with E-state index >= 15 is 0 Å². The van der Waals surface area contributed by atoms with Gasteiger partial charge in [0.25, 0.3) is 8.32 Å². The third-order valence-electron chi connectivity index (χ3n) is 9.54. The van der Waals surface area contributed by atoms with Gasteiger partial charge in [-0.15, -0.1) is 0 Å². The van der Waals surface area contributed by atoms with E-state index in [4.69, 9.17) is 23.0 Å². The maximum absolute atomic E-state index is 11.5. The Morgan fingerprint density at radius 1 is 0.913 bits per heavy atom. The number of benzene rings is 2. The van der Waals surface area contributed by atoms with Gasteiger partial charge in [0, 0.05) is 32.1 Å². The van der Waals surface area contributed by atoms with Crippen LogP contribution in [0.5, 0.6) is 0 Å². The lowest BCUT2D eigenvalue weighted by molar-refractivity contribution is -0.108. The normalized spacial score (nSPS) is 15.4. The maximum atomic E-state index is 11.5. The lowest BCUT2D eigenvalue weighted by Crippen LogP contribution is -2.67. The van der Waals surface area contributed by atoms with Crippen molar-refractivity contribution in [1.29, 1.82) is 0 Å². The lowest BCUT2D eigenvalue weighted by atomic mass is 10.0. The lowest BCUT2D eigenvalue weighted by Gasteiger charge is -2.46. The fourth-order valence-electron chi connectivity index (χ4n) is 5.61. The Labute approximate surface area is 280 Å². The zero-order chi connectivity index (χ0) is 34.2. The average Bonchev–Trinajstić information content (AvgIpc) is 3.47. The van der Waals surface area contributed by atoms with E-state index in [-0.39, 0.29) is 28.4 Å². The first kappa shape index (κ1) is 37.8. The Morgan fingerprint density at radius 2 is 1.48 bits per heavy atom. The molecule has 0 spiro atoms. The van der Waals surface area contributed by atoms with Gasteiger partial charge in [-0.3, -0.25) is 0 Å². The molecule has 3 atom stereocenters. The second kappa shape index (κ2) is 16.0. The fraction of sp³-hybridized carbons (Fsp3) is 0.526. The van der Waals surface area contributed by atoms with Crippen molar-refractivity contribution in [3.05, 3.63) is 84.1 Å². The summed E-state index contributed by atoms with van der Waals surface area (Å²) in [6, 6.07) is 21.4. The molecule has 8 heteroatoms. The Kier molecular flexibility index (Phi) is 13.1. The SMILES string of the molecule is CO[C@H](C)/C(C)=C/c1nc([C@H](C[C@H](CCCC=O)O[Si](c2ccccc2)(c2ccccc2)C(C)(C)C)O[Si](C)(C)C(C)(C)C)co1. The Morgan fingerprint density at radius 3 is 1.96 bits per heavy atom. The van der Waals surface area contributed by atoms with Crippen LogP contribution in [0.4, 0.5) is 0 Å². The molecule has 0 aliphatic carbocycles. The van der Waals surface area contributed by atoms with Crippen molar-refractivity contribution in [3.8, 4) is 0 Å². The number of aromatic nitrogens is 1. The average molecular weight is 664 g/mol. The topological polar surface area (TPSA) is 70.8 Å². The summed E-state index contributed by atoms with van der Waals surface area (Å²) in [5, 5.41) is 2.27. The van der Waals surface area contributed by atoms with Crippen LogP contribution in [0.15, 0.2) is 76.9 Å². The predicted octanol–water partition coefficient (Wildman–Crippen LogP) is 8.88. The Hall–Kier alpha value is -2.63. The van der Waals surface area contributed by atoms with Gasteiger partial charge >= 0.3 is 0 Å². The number of carbonyl (C=O) groups excluding carboxylic acids is 1. The molecule has 1 heterocycles. The highest BCUT2D eigenvalue weighted by Gasteiger charge is 2.52. The van der Waals surface area contributed by atoms with Gasteiger partial charge in [0.15, 0.2) is 8.32 Å². The first-order chi connectivity index (χ1) is 21.6. The van der Waals surface area contributed by atoms with E-state index in [1.54, 1.807) is 13.4 Å². The van der Waals surface area contributed by atoms with Gasteiger partial charge in [-0.25, -0.2) is 4.98 Å². The van der Waals surface area contributed by atoms with Crippen molar-refractivity contribution in [3.63, 3.8) is 0 Å². The highest BCUT2D eigenvalue weighted by Crippen LogP contribution is 2.43. The Balaban J connectivity index is 2.16. The van der Waals surface area contributed by atoms with Crippen LogP contribution >= 0.6 is 0 Å². The zero-order valence-corrected chi connectivity index (χ0v) is 32.1. The molecule has 6 nitrogen and oxygen atoms in total. The van der Waals surface area contributed by atoms with Crippen LogP contribution < -0.4 is 10.4 Å². The number of hydrogen-bond acceptors (Lipinski definition) is 6. The number of unbranched alkanes of at least 4 members (excludes halogenated alkanes) is 1. The number of rotatable bonds is 16. The van der Waals surface area contributed by atoms with Crippen molar-refractivity contribution < 1.29 is 22.8 Å². The third-order valence-corrected chi connectivity index (χ3v) is 19.1. The van der Waals surface area contributed by atoms with Crippen LogP contribution in [-0.2, 0) is 18.4 Å². The quantitative estimate of drug-likeness (QED) is 0.0866. The molecule has 0 unspecified atom stereocenters. The van der Waals surface area contributed by atoms with Crippen molar-refractivity contribution in [2.24, 2.45) is 0 Å². The van der Waals surface area contributed by atoms with Crippen LogP contribution in [0, 0.1) is 0 Å². The van der Waals surface area contributed by atoms with Crippen LogP contribution in [0.3, 0.4) is 0 Å². The number of methoxy groups -OCH3 is 1. The monoisotopic (exact) mass is 663 g/mol. The number of aldehydes is 1. The van der Waals surface area contributed by atoms with Crippen molar-refractivity contribution in [2.45, 2.75) is 123 Å². The summed E-state index contributed by atoms with van der Waals surface area (Å²) in [5.74, 6) is 0.533. The summed E-state index contributed by atoms with van der Waals surface area (Å²) in [6.45, 7) is 22.2. The molecule has 0 fully saturated rings. The van der Waals surface area contributed by atoms with E-state index in [1.165, 1.54) is 10.4 Å². The van der Waals surface area contributed by atoms with E-state index in [1.807, 2.05) is 19.9 Å². The van der Waals surface area contributed by atoms with Crippen LogP contribution in [0.2, 0.25) is 23.2 Å². The number of oxazole rings is 1. The minimum Gasteiger partial charge on any atom is -0.445 e. The summed E-state index contributed by atoms with van der Waals surface area (Å²) in [5.41, 5.74) is 1.79. The molecule has 0 radical (unpaired) electrons. The summed E-state index contributed by atoms with van der Waals surface area (Å²) >= 11 is 0. The number of ether oxygens (including phenoxy) is 1. The molecule has 1 aromatic heterocycles. The molecule has 0 aliphatic heterocycles. The van der Waals surface area contributed by atoms with Gasteiger partial charge in [0.05, 0.1) is 12.2 Å². The van der Waals surface area contributed by atoms with Gasteiger partial charge < -0.3 is 22.8 Å². The molecular formula is C38H57NO5Si2. The minimum absolute atomic E-state index is 0.00588. The van der Waals surface area contributed by atoms with Gasteiger partial charge in [0.2, 0.25) is 5.89 Å². The number of carbonyl (C=O) groups is 1. The second-order valence-corrected chi connectivity index (χ2v) is 24.0. The van der Waals surface area contributed by atoms with Crippen molar-refractivity contribution >= 4 is 39.4 Å². The second-order valence-electron chi connectivity index (χ2n) is 15.0. The fourth-order valence-corrected chi connectivity index (χ4v) is 11.6. The zero-order valence-electron chi connectivity index (χ0n) is 30.1. The molecule has 46 heavy (non-hydrogen) atoms. The summed E-state index contributed by atoms with van der Waals surface area (Å²) < 4.78 is 26.3. The van der Waals surface area contributed by atoms with Gasteiger partial charge in [0.1, 0.15) is 18.2 Å². The van der Waals surface area contributed by atoms with Crippen LogP contribution in [-0.4, -0.2) is 47.2 Å². The van der Waals surface area contributed by atoms with Gasteiger partial charge in [-0.2, -0.15) is 0 Å². The number of nitrogens with zero attached hydrogens (tertiary/aromatic N) is 1. The van der Waals surface area contributed by atoms with Crippen LogP contribution in [0.1, 0.15) is 98.8 Å². The molecule has 0 aliphatic rings. The molecule has 3 rings (SSSR count). The van der Waals surface area contributed by atoms with Gasteiger partial charge in [-0.05, 0) is 65.8 Å². The predicted molar refractivity (Wildman–Crippen MR) is 195 cm³/mol. The van der Waals surface area contributed by atoms with E-state index in [9.17, 15) is 4.79 Å². The van der Waals surface area contributed by atoms with Crippen LogP contribution in [0.25, 0.3) is 6.08 Å². The van der Waals surface area contributed by atoms with Gasteiger partial charge in [-0.1, -0.05) is 102 Å². The minimum atomic E-state index is -2.87. The van der Waals surface area contributed by atoms with E-state index in [2.05, 4.69) is 115 Å². The molecule has 0 saturated carbocycles. The molecule has 3 aromatic rings. The number of hydrogen-bond donors (Lipinski definition) is 0. The van der Waals surface area contributed by atoms with Crippen molar-refractivity contribution in [2.75, 3.05) is 7.11 Å². The molecule has 0 amide bonds. The highest BCUT2D eigenvalue weighted by atomic mass is 28.4. The Bertz CT molecular complexity index is 1350. The molecular weight excluding hydrogens is 607 g/mol. The molecule has 0 bridgehead atoms. The van der Waals surface area contributed by atoms with E-state index in [0.717, 1.165) is 30.4 Å².